The van der Waals surface area contributed by atoms with Crippen molar-refractivity contribution in [3.63, 3.8) is 0 Å². The van der Waals surface area contributed by atoms with Gasteiger partial charge in [0.1, 0.15) is 0 Å². The Hall–Kier alpha value is -6.92. The minimum absolute atomic E-state index is 0.756. The second-order valence-electron chi connectivity index (χ2n) is 14.9. The lowest BCUT2D eigenvalue weighted by Gasteiger charge is -2.11. The standard InChI is InChI=1S/C52H29N3S2/c1-2-12-31-25-35(22-21-30(31)11-1)48-51-49(40-18-8-10-20-45(40)56-51)54-52(53-48)42-27-34-15-5-6-16-37(34)47-39-24-23-36(29-46(39)57-50(42)47)55-43-19-9-7-17-38(43)41-26-32-13-3-4-14-33(32)28-44(41)55/h1-29H. The molecule has 0 saturated carbocycles. The maximum atomic E-state index is 5.52. The number of hydrogen-bond donors (Lipinski definition) is 0. The predicted molar refractivity (Wildman–Crippen MR) is 246 cm³/mol. The van der Waals surface area contributed by atoms with Gasteiger partial charge in [0.05, 0.1) is 26.9 Å². The van der Waals surface area contributed by atoms with Crippen molar-refractivity contribution in [2.24, 2.45) is 0 Å². The summed E-state index contributed by atoms with van der Waals surface area (Å²) in [5.41, 5.74) is 7.73. The maximum Gasteiger partial charge on any atom is 0.162 e. The van der Waals surface area contributed by atoms with E-state index >= 15 is 0 Å². The van der Waals surface area contributed by atoms with Crippen LogP contribution in [0, 0.1) is 0 Å². The molecule has 0 bridgehead atoms. The van der Waals surface area contributed by atoms with Gasteiger partial charge in [0.2, 0.25) is 0 Å². The summed E-state index contributed by atoms with van der Waals surface area (Å²) in [7, 11) is 0. The minimum atomic E-state index is 0.756. The molecule has 3 nitrogen and oxygen atoms in total. The Morgan fingerprint density at radius 3 is 1.95 bits per heavy atom. The molecule has 57 heavy (non-hydrogen) atoms. The van der Waals surface area contributed by atoms with Crippen LogP contribution in [0.1, 0.15) is 0 Å². The van der Waals surface area contributed by atoms with Gasteiger partial charge in [-0.05, 0) is 80.8 Å². The molecule has 0 saturated heterocycles. The smallest absolute Gasteiger partial charge is 0.162 e. The molecule has 0 unspecified atom stereocenters. The molecule has 13 aromatic rings. The fraction of sp³-hybridized carbons (Fsp3) is 0. The summed E-state index contributed by atoms with van der Waals surface area (Å²) in [6.07, 6.45) is 0. The van der Waals surface area contributed by atoms with Gasteiger partial charge in [-0.25, -0.2) is 9.97 Å². The zero-order chi connectivity index (χ0) is 37.2. The van der Waals surface area contributed by atoms with Gasteiger partial charge in [0, 0.05) is 57.8 Å². The summed E-state index contributed by atoms with van der Waals surface area (Å²) in [5, 5.41) is 13.6. The van der Waals surface area contributed by atoms with Gasteiger partial charge in [-0.1, -0.05) is 127 Å². The summed E-state index contributed by atoms with van der Waals surface area (Å²) in [6.45, 7) is 0. The molecule has 0 aliphatic carbocycles. The number of thiophene rings is 2. The molecule has 0 amide bonds. The first kappa shape index (κ1) is 31.3. The number of rotatable bonds is 3. The van der Waals surface area contributed by atoms with Gasteiger partial charge in [0.15, 0.2) is 5.82 Å². The lowest BCUT2D eigenvalue weighted by atomic mass is 9.99. The Kier molecular flexibility index (Phi) is 6.48. The number of aromatic nitrogens is 3. The van der Waals surface area contributed by atoms with Crippen molar-refractivity contribution in [3.8, 4) is 28.3 Å². The van der Waals surface area contributed by atoms with Crippen LogP contribution >= 0.6 is 22.7 Å². The molecule has 0 N–H and O–H groups in total. The molecular weight excluding hydrogens is 731 g/mol. The van der Waals surface area contributed by atoms with E-state index in [2.05, 4.69) is 180 Å². The third-order valence-electron chi connectivity index (χ3n) is 11.7. The summed E-state index contributed by atoms with van der Waals surface area (Å²) in [6, 6.07) is 64.1. The second-order valence-corrected chi connectivity index (χ2v) is 17.0. The van der Waals surface area contributed by atoms with Crippen LogP contribution in [0.15, 0.2) is 176 Å². The van der Waals surface area contributed by atoms with Crippen molar-refractivity contribution < 1.29 is 0 Å². The topological polar surface area (TPSA) is 30.7 Å². The largest absolute Gasteiger partial charge is 0.309 e. The summed E-state index contributed by atoms with van der Waals surface area (Å²) < 4.78 is 7.22. The quantitative estimate of drug-likeness (QED) is 0.180. The van der Waals surface area contributed by atoms with Gasteiger partial charge in [-0.3, -0.25) is 0 Å². The number of para-hydroxylation sites is 1. The van der Waals surface area contributed by atoms with Crippen molar-refractivity contribution in [1.82, 2.24) is 14.5 Å². The highest BCUT2D eigenvalue weighted by Crippen LogP contribution is 2.47. The van der Waals surface area contributed by atoms with Crippen LogP contribution in [-0.4, -0.2) is 14.5 Å². The molecule has 0 aliphatic rings. The van der Waals surface area contributed by atoms with Gasteiger partial charge < -0.3 is 4.57 Å². The Morgan fingerprint density at radius 1 is 0.404 bits per heavy atom. The van der Waals surface area contributed by atoms with Gasteiger partial charge in [-0.15, -0.1) is 22.7 Å². The average Bonchev–Trinajstić information content (AvgIpc) is 3.94. The van der Waals surface area contributed by atoms with Gasteiger partial charge in [0.25, 0.3) is 0 Å². The predicted octanol–water partition coefficient (Wildman–Crippen LogP) is 15.1. The third kappa shape index (κ3) is 4.58. The van der Waals surface area contributed by atoms with E-state index in [4.69, 9.17) is 9.97 Å². The molecule has 0 fully saturated rings. The van der Waals surface area contributed by atoms with Crippen molar-refractivity contribution >= 4 is 117 Å². The van der Waals surface area contributed by atoms with Crippen molar-refractivity contribution in [2.45, 2.75) is 0 Å². The van der Waals surface area contributed by atoms with E-state index in [1.54, 1.807) is 11.3 Å². The van der Waals surface area contributed by atoms with Crippen LogP contribution in [0.4, 0.5) is 0 Å². The van der Waals surface area contributed by atoms with Crippen LogP contribution < -0.4 is 0 Å². The maximum absolute atomic E-state index is 5.52. The van der Waals surface area contributed by atoms with E-state index in [1.807, 2.05) is 11.3 Å². The number of nitrogens with zero attached hydrogens (tertiary/aromatic N) is 3. The Bertz CT molecular complexity index is 3830. The first-order chi connectivity index (χ1) is 28.2. The van der Waals surface area contributed by atoms with E-state index in [-0.39, 0.29) is 0 Å². The highest BCUT2D eigenvalue weighted by Gasteiger charge is 2.22. The van der Waals surface area contributed by atoms with Crippen LogP contribution in [0.5, 0.6) is 0 Å². The molecule has 0 radical (unpaired) electrons. The van der Waals surface area contributed by atoms with E-state index in [9.17, 15) is 0 Å². The third-order valence-corrected chi connectivity index (χ3v) is 14.1. The van der Waals surface area contributed by atoms with E-state index in [0.29, 0.717) is 0 Å². The first-order valence-electron chi connectivity index (χ1n) is 19.2. The second kappa shape index (κ2) is 11.8. The van der Waals surface area contributed by atoms with Crippen LogP contribution in [0.25, 0.3) is 123 Å². The normalized spacial score (nSPS) is 12.2. The van der Waals surface area contributed by atoms with E-state index < -0.39 is 0 Å². The summed E-state index contributed by atoms with van der Waals surface area (Å²) >= 11 is 3.63. The average molecular weight is 760 g/mol. The minimum Gasteiger partial charge on any atom is -0.309 e. The zero-order valence-electron chi connectivity index (χ0n) is 30.4. The van der Waals surface area contributed by atoms with Crippen molar-refractivity contribution in [3.05, 3.63) is 176 Å². The van der Waals surface area contributed by atoms with Crippen LogP contribution in [0.3, 0.4) is 0 Å². The number of benzene rings is 9. The molecule has 0 spiro atoms. The van der Waals surface area contributed by atoms with Crippen molar-refractivity contribution in [2.75, 3.05) is 0 Å². The fourth-order valence-corrected chi connectivity index (χ4v) is 11.5. The molecule has 5 heteroatoms. The first-order valence-corrected chi connectivity index (χ1v) is 20.9. The highest BCUT2D eigenvalue weighted by atomic mass is 32.1. The molecular formula is C52H29N3S2. The number of hydrogen-bond acceptors (Lipinski definition) is 4. The monoisotopic (exact) mass is 759 g/mol. The Labute approximate surface area is 334 Å². The summed E-state index contributed by atoms with van der Waals surface area (Å²) in [5.74, 6) is 0.756. The van der Waals surface area contributed by atoms with E-state index in [1.165, 1.54) is 84.4 Å². The van der Waals surface area contributed by atoms with E-state index in [0.717, 1.165) is 38.5 Å². The molecule has 4 aromatic heterocycles. The SMILES string of the molecule is c1ccc2cc(-c3nc(-c4cc5ccccc5c5c4sc4cc(-n6c7ccccc7c7cc8ccccc8cc76)ccc45)nc4c3sc3ccccc34)ccc2c1. The zero-order valence-corrected chi connectivity index (χ0v) is 32.0. The summed E-state index contributed by atoms with van der Waals surface area (Å²) in [4.78, 5) is 11.0. The van der Waals surface area contributed by atoms with Crippen molar-refractivity contribution in [1.29, 1.82) is 0 Å². The Balaban J connectivity index is 1.09. The van der Waals surface area contributed by atoms with Gasteiger partial charge >= 0.3 is 0 Å². The molecule has 0 atom stereocenters. The van der Waals surface area contributed by atoms with Gasteiger partial charge in [-0.2, -0.15) is 0 Å². The Morgan fingerprint density at radius 2 is 1.09 bits per heavy atom. The molecule has 0 aliphatic heterocycles. The highest BCUT2D eigenvalue weighted by molar-refractivity contribution is 7.27. The molecule has 4 heterocycles. The molecule has 13 rings (SSSR count). The van der Waals surface area contributed by atoms with Crippen LogP contribution in [-0.2, 0) is 0 Å². The molecule has 264 valence electrons. The number of fused-ring (bicyclic) bond motifs is 13. The molecule has 9 aromatic carbocycles. The van der Waals surface area contributed by atoms with Crippen LogP contribution in [0.2, 0.25) is 0 Å². The lowest BCUT2D eigenvalue weighted by Crippen LogP contribution is -1.94. The lowest BCUT2D eigenvalue weighted by molar-refractivity contribution is 1.19. The fourth-order valence-electron chi connectivity index (χ4n) is 9.10.